The van der Waals surface area contributed by atoms with E-state index in [0.717, 1.165) is 12.2 Å². The quantitative estimate of drug-likeness (QED) is 0.856. The van der Waals surface area contributed by atoms with Crippen LogP contribution in [-0.4, -0.2) is 52.9 Å². The average Bonchev–Trinajstić information content (AvgIpc) is 2.42. The Morgan fingerprint density at radius 2 is 2.26 bits per heavy atom. The first-order valence-corrected chi connectivity index (χ1v) is 6.74. The maximum atomic E-state index is 12.5. The van der Waals surface area contributed by atoms with E-state index in [9.17, 15) is 4.79 Å². The fraction of sp³-hybridized carbons (Fsp3) is 0.571. The molecule has 0 aliphatic carbocycles. The minimum absolute atomic E-state index is 0.0996. The molecule has 2 N–H and O–H groups in total. The summed E-state index contributed by atoms with van der Waals surface area (Å²) in [7, 11) is 2.00. The van der Waals surface area contributed by atoms with E-state index in [1.54, 1.807) is 6.20 Å². The molecule has 2 heterocycles. The third-order valence-electron chi connectivity index (χ3n) is 3.79. The van der Waals surface area contributed by atoms with Crippen LogP contribution in [0.5, 0.6) is 0 Å². The number of carbonyl (C=O) groups is 1. The summed E-state index contributed by atoms with van der Waals surface area (Å²) in [5.41, 5.74) is 6.55. The smallest absolute Gasteiger partial charge is 0.240 e. The number of aromatic nitrogens is 1. The zero-order valence-corrected chi connectivity index (χ0v) is 11.6. The number of hydrogen-bond acceptors (Lipinski definition) is 4. The molecular formula is C14H22N4O. The van der Waals surface area contributed by atoms with Gasteiger partial charge in [0, 0.05) is 18.8 Å². The molecule has 0 saturated carbocycles. The van der Waals surface area contributed by atoms with Gasteiger partial charge in [-0.3, -0.25) is 14.7 Å². The van der Waals surface area contributed by atoms with Crippen molar-refractivity contribution in [1.82, 2.24) is 14.8 Å². The van der Waals surface area contributed by atoms with Gasteiger partial charge in [0.05, 0.1) is 18.3 Å². The number of nitrogens with zero attached hydrogens (tertiary/aromatic N) is 3. The summed E-state index contributed by atoms with van der Waals surface area (Å²) >= 11 is 0. The lowest BCUT2D eigenvalue weighted by Gasteiger charge is -2.43. The van der Waals surface area contributed by atoms with Gasteiger partial charge in [0.2, 0.25) is 5.91 Å². The molecular weight excluding hydrogens is 240 g/mol. The molecule has 1 aromatic rings. The van der Waals surface area contributed by atoms with Crippen molar-refractivity contribution in [3.8, 4) is 0 Å². The first-order valence-electron chi connectivity index (χ1n) is 6.74. The lowest BCUT2D eigenvalue weighted by atomic mass is 10.0. The van der Waals surface area contributed by atoms with Crippen LogP contribution in [-0.2, 0) is 11.3 Å². The molecule has 104 valence electrons. The second-order valence-electron chi connectivity index (χ2n) is 5.15. The van der Waals surface area contributed by atoms with Crippen LogP contribution < -0.4 is 5.73 Å². The summed E-state index contributed by atoms with van der Waals surface area (Å²) in [6, 6.07) is 6.03. The maximum Gasteiger partial charge on any atom is 0.240 e. The Bertz CT molecular complexity index is 423. The largest absolute Gasteiger partial charge is 0.334 e. The Morgan fingerprint density at radius 1 is 1.47 bits per heavy atom. The Morgan fingerprint density at radius 3 is 2.89 bits per heavy atom. The second-order valence-corrected chi connectivity index (χ2v) is 5.15. The van der Waals surface area contributed by atoms with Gasteiger partial charge in [-0.25, -0.2) is 0 Å². The van der Waals surface area contributed by atoms with Crippen LogP contribution in [0, 0.1) is 0 Å². The van der Waals surface area contributed by atoms with Crippen LogP contribution in [0.1, 0.15) is 19.0 Å². The minimum Gasteiger partial charge on any atom is -0.334 e. The van der Waals surface area contributed by atoms with Gasteiger partial charge in [-0.1, -0.05) is 6.07 Å². The van der Waals surface area contributed by atoms with E-state index in [0.29, 0.717) is 25.6 Å². The molecule has 1 saturated heterocycles. The van der Waals surface area contributed by atoms with Gasteiger partial charge < -0.3 is 10.6 Å². The van der Waals surface area contributed by atoms with Crippen LogP contribution >= 0.6 is 0 Å². The Kier molecular flexibility index (Phi) is 4.50. The fourth-order valence-corrected chi connectivity index (χ4v) is 2.54. The monoisotopic (exact) mass is 262 g/mol. The molecule has 0 spiro atoms. The van der Waals surface area contributed by atoms with Crippen molar-refractivity contribution in [2.75, 3.05) is 20.1 Å². The van der Waals surface area contributed by atoms with Crippen LogP contribution in [0.3, 0.4) is 0 Å². The van der Waals surface area contributed by atoms with Crippen LogP contribution in [0.2, 0.25) is 0 Å². The summed E-state index contributed by atoms with van der Waals surface area (Å²) in [4.78, 5) is 20.8. The topological polar surface area (TPSA) is 62.5 Å². The zero-order chi connectivity index (χ0) is 13.8. The molecule has 5 heteroatoms. The third kappa shape index (κ3) is 3.11. The van der Waals surface area contributed by atoms with E-state index in [2.05, 4.69) is 16.8 Å². The maximum absolute atomic E-state index is 12.5. The van der Waals surface area contributed by atoms with Crippen molar-refractivity contribution in [3.63, 3.8) is 0 Å². The number of pyridine rings is 1. The van der Waals surface area contributed by atoms with Crippen LogP contribution in [0.4, 0.5) is 0 Å². The Labute approximate surface area is 114 Å². The summed E-state index contributed by atoms with van der Waals surface area (Å²) in [5, 5.41) is 0. The second kappa shape index (κ2) is 6.12. The van der Waals surface area contributed by atoms with E-state index in [1.807, 2.05) is 30.1 Å². The van der Waals surface area contributed by atoms with Gasteiger partial charge in [0.15, 0.2) is 0 Å². The molecule has 2 rings (SSSR count). The van der Waals surface area contributed by atoms with Crippen LogP contribution in [0.15, 0.2) is 24.4 Å². The van der Waals surface area contributed by atoms with E-state index >= 15 is 0 Å². The highest BCUT2D eigenvalue weighted by Crippen LogP contribution is 2.19. The predicted molar refractivity (Wildman–Crippen MR) is 74.3 cm³/mol. The average molecular weight is 262 g/mol. The number of hydrogen-bond donors (Lipinski definition) is 1. The fourth-order valence-electron chi connectivity index (χ4n) is 2.54. The van der Waals surface area contributed by atoms with Gasteiger partial charge in [-0.15, -0.1) is 0 Å². The summed E-state index contributed by atoms with van der Waals surface area (Å²) in [5.74, 6) is 0.164. The molecule has 19 heavy (non-hydrogen) atoms. The molecule has 1 amide bonds. The van der Waals surface area contributed by atoms with E-state index in [-0.39, 0.29) is 11.9 Å². The van der Waals surface area contributed by atoms with Gasteiger partial charge in [-0.05, 0) is 39.1 Å². The zero-order valence-electron chi connectivity index (χ0n) is 11.6. The number of rotatable bonds is 4. The van der Waals surface area contributed by atoms with Gasteiger partial charge in [0.25, 0.3) is 0 Å². The predicted octanol–water partition coefficient (Wildman–Crippen LogP) is 0.462. The van der Waals surface area contributed by atoms with Crippen molar-refractivity contribution in [2.45, 2.75) is 32.0 Å². The molecule has 0 aromatic carbocycles. The van der Waals surface area contributed by atoms with Gasteiger partial charge in [0.1, 0.15) is 0 Å². The molecule has 1 aliphatic rings. The van der Waals surface area contributed by atoms with Gasteiger partial charge in [-0.2, -0.15) is 0 Å². The first kappa shape index (κ1) is 14.0. The highest BCUT2D eigenvalue weighted by molar-refractivity contribution is 5.82. The van der Waals surface area contributed by atoms with E-state index in [4.69, 9.17) is 5.73 Å². The summed E-state index contributed by atoms with van der Waals surface area (Å²) < 4.78 is 0. The van der Waals surface area contributed by atoms with E-state index < -0.39 is 0 Å². The Hall–Kier alpha value is -1.46. The molecule has 2 atom stereocenters. The van der Waals surface area contributed by atoms with Crippen LogP contribution in [0.25, 0.3) is 0 Å². The molecule has 1 fully saturated rings. The molecule has 0 bridgehead atoms. The van der Waals surface area contributed by atoms with Crippen molar-refractivity contribution >= 4 is 5.91 Å². The van der Waals surface area contributed by atoms with Crippen molar-refractivity contribution in [1.29, 1.82) is 0 Å². The summed E-state index contributed by atoms with van der Waals surface area (Å²) in [6.07, 6.45) is 2.47. The lowest BCUT2D eigenvalue weighted by Crippen LogP contribution is -2.59. The number of nitrogens with two attached hydrogens (primary N) is 1. The normalized spacial score (nSPS) is 24.8. The highest BCUT2D eigenvalue weighted by atomic mass is 16.2. The van der Waals surface area contributed by atoms with E-state index in [1.165, 1.54) is 0 Å². The third-order valence-corrected chi connectivity index (χ3v) is 3.79. The van der Waals surface area contributed by atoms with Gasteiger partial charge >= 0.3 is 0 Å². The standard InChI is InChI=1S/C14H22N4O/c1-11-9-18(10-12-5-3-4-8-16-12)14(19)13(6-7-15)17(11)2/h3-5,8,11,13H,6-7,9-10,15H2,1-2H3. The minimum atomic E-state index is -0.0996. The molecule has 0 radical (unpaired) electrons. The highest BCUT2D eigenvalue weighted by Gasteiger charge is 2.35. The van der Waals surface area contributed by atoms with Crippen molar-refractivity contribution < 1.29 is 4.79 Å². The molecule has 1 aromatic heterocycles. The number of amides is 1. The number of carbonyl (C=O) groups excluding carboxylic acids is 1. The molecule has 1 aliphatic heterocycles. The summed E-state index contributed by atoms with van der Waals surface area (Å²) in [6.45, 7) is 4.00. The first-order chi connectivity index (χ1) is 9.13. The molecule has 2 unspecified atom stereocenters. The number of piperazine rings is 1. The number of likely N-dealkylation sites (N-methyl/N-ethyl adjacent to an activating group) is 1. The lowest BCUT2D eigenvalue weighted by molar-refractivity contribution is -0.144. The molecule has 5 nitrogen and oxygen atoms in total. The SMILES string of the molecule is CC1CN(Cc2ccccn2)C(=O)C(CCN)N1C. The Balaban J connectivity index is 2.10. The van der Waals surface area contributed by atoms with Crippen molar-refractivity contribution in [2.24, 2.45) is 5.73 Å². The van der Waals surface area contributed by atoms with Crippen molar-refractivity contribution in [3.05, 3.63) is 30.1 Å².